The van der Waals surface area contributed by atoms with E-state index in [1.807, 2.05) is 25.1 Å². The van der Waals surface area contributed by atoms with Gasteiger partial charge in [0.15, 0.2) is 0 Å². The number of aromatic nitrogens is 1. The molecule has 0 amide bonds. The number of nitrogens with zero attached hydrogens (tertiary/aromatic N) is 2. The third-order valence-electron chi connectivity index (χ3n) is 2.94. The Kier molecular flexibility index (Phi) is 3.62. The molecule has 0 aliphatic heterocycles. The molecule has 21 heavy (non-hydrogen) atoms. The minimum absolute atomic E-state index is 0.209. The second kappa shape index (κ2) is 5.57. The first-order valence-electron chi connectivity index (χ1n) is 6.24. The maximum atomic E-state index is 13.4. The number of anilines is 1. The number of hydrogen-bond acceptors (Lipinski definition) is 4. The fraction of sp³-hybridized carbons (Fsp3) is 0.0667. The zero-order valence-electron chi connectivity index (χ0n) is 11.1. The molecule has 0 atom stereocenters. The molecule has 0 bridgehead atoms. The van der Waals surface area contributed by atoms with Crippen molar-refractivity contribution in [2.24, 2.45) is 5.10 Å². The van der Waals surface area contributed by atoms with Gasteiger partial charge in [0, 0.05) is 11.6 Å². The van der Waals surface area contributed by atoms with Crippen molar-refractivity contribution >= 4 is 32.9 Å². The van der Waals surface area contributed by atoms with Gasteiger partial charge in [-0.1, -0.05) is 23.5 Å². The van der Waals surface area contributed by atoms with Crippen LogP contribution in [0.15, 0.2) is 41.5 Å². The maximum absolute atomic E-state index is 13.4. The van der Waals surface area contributed by atoms with Gasteiger partial charge in [0.2, 0.25) is 5.13 Å². The van der Waals surface area contributed by atoms with Crippen LogP contribution in [0.1, 0.15) is 11.1 Å². The molecule has 6 heteroatoms. The minimum atomic E-state index is -0.652. The second-order valence-corrected chi connectivity index (χ2v) is 5.48. The minimum Gasteiger partial charge on any atom is -0.253 e. The highest BCUT2D eigenvalue weighted by Crippen LogP contribution is 2.28. The topological polar surface area (TPSA) is 37.3 Å². The number of hydrogen-bond donors (Lipinski definition) is 1. The van der Waals surface area contributed by atoms with Crippen molar-refractivity contribution in [3.05, 3.63) is 59.2 Å². The van der Waals surface area contributed by atoms with Crippen LogP contribution in [0.25, 0.3) is 10.2 Å². The van der Waals surface area contributed by atoms with Gasteiger partial charge in [0.1, 0.15) is 11.6 Å². The average molecular weight is 303 g/mol. The monoisotopic (exact) mass is 303 g/mol. The van der Waals surface area contributed by atoms with Crippen LogP contribution < -0.4 is 5.43 Å². The van der Waals surface area contributed by atoms with Crippen LogP contribution in [0, 0.1) is 18.6 Å². The van der Waals surface area contributed by atoms with E-state index < -0.39 is 11.6 Å². The van der Waals surface area contributed by atoms with Gasteiger partial charge in [0.25, 0.3) is 0 Å². The summed E-state index contributed by atoms with van der Waals surface area (Å²) in [5.74, 6) is -1.26. The fourth-order valence-corrected chi connectivity index (χ4v) is 2.78. The zero-order chi connectivity index (χ0) is 14.8. The van der Waals surface area contributed by atoms with Crippen LogP contribution in [0.4, 0.5) is 13.9 Å². The summed E-state index contributed by atoms with van der Waals surface area (Å²) in [6, 6.07) is 9.22. The quantitative estimate of drug-likeness (QED) is 0.577. The summed E-state index contributed by atoms with van der Waals surface area (Å²) in [5.41, 5.74) is 5.02. The van der Waals surface area contributed by atoms with Gasteiger partial charge < -0.3 is 0 Å². The molecule has 3 aromatic rings. The Balaban J connectivity index is 1.79. The summed E-state index contributed by atoms with van der Waals surface area (Å²) in [4.78, 5) is 4.38. The van der Waals surface area contributed by atoms with Crippen LogP contribution >= 0.6 is 11.3 Å². The molecule has 0 radical (unpaired) electrons. The first-order valence-corrected chi connectivity index (χ1v) is 7.05. The number of hydrazone groups is 1. The smallest absolute Gasteiger partial charge is 0.204 e. The molecule has 1 aromatic heterocycles. The van der Waals surface area contributed by atoms with Gasteiger partial charge in [-0.2, -0.15) is 5.10 Å². The molecule has 0 fully saturated rings. The molecule has 0 aliphatic carbocycles. The molecule has 3 rings (SSSR count). The maximum Gasteiger partial charge on any atom is 0.204 e. The molecule has 2 aromatic carbocycles. The van der Waals surface area contributed by atoms with Crippen molar-refractivity contribution < 1.29 is 8.78 Å². The van der Waals surface area contributed by atoms with Crippen LogP contribution in [-0.2, 0) is 0 Å². The van der Waals surface area contributed by atoms with E-state index in [2.05, 4.69) is 15.5 Å². The number of thiazole rings is 1. The second-order valence-electron chi connectivity index (χ2n) is 4.48. The Hall–Kier alpha value is -2.34. The van der Waals surface area contributed by atoms with Gasteiger partial charge in [-0.05, 0) is 30.7 Å². The van der Waals surface area contributed by atoms with E-state index in [-0.39, 0.29) is 5.56 Å². The molecule has 1 N–H and O–H groups in total. The van der Waals surface area contributed by atoms with Crippen molar-refractivity contribution in [3.63, 3.8) is 0 Å². The van der Waals surface area contributed by atoms with Gasteiger partial charge in [-0.15, -0.1) is 0 Å². The SMILES string of the molecule is Cc1cccc2nc(N/N=C/c3ccc(F)cc3F)sc12. The van der Waals surface area contributed by atoms with Crippen molar-refractivity contribution in [3.8, 4) is 0 Å². The summed E-state index contributed by atoms with van der Waals surface area (Å²) in [6.45, 7) is 2.02. The number of benzene rings is 2. The number of rotatable bonds is 3. The van der Waals surface area contributed by atoms with Gasteiger partial charge in [-0.3, -0.25) is 5.43 Å². The fourth-order valence-electron chi connectivity index (χ4n) is 1.90. The highest BCUT2D eigenvalue weighted by Gasteiger charge is 2.05. The lowest BCUT2D eigenvalue weighted by molar-refractivity contribution is 0.582. The predicted octanol–water partition coefficient (Wildman–Crippen LogP) is 4.33. The standard InChI is InChI=1S/C15H11F2N3S/c1-9-3-2-4-13-14(9)21-15(19-13)20-18-8-10-5-6-11(16)7-12(10)17/h2-8H,1H3,(H,19,20)/b18-8+. The van der Waals surface area contributed by atoms with Crippen molar-refractivity contribution in [2.45, 2.75) is 6.92 Å². The normalized spacial score (nSPS) is 11.4. The zero-order valence-corrected chi connectivity index (χ0v) is 11.9. The highest BCUT2D eigenvalue weighted by atomic mass is 32.1. The molecule has 1 heterocycles. The van der Waals surface area contributed by atoms with Crippen LogP contribution in [0.2, 0.25) is 0 Å². The molecule has 0 saturated heterocycles. The Morgan fingerprint density at radius 3 is 2.86 bits per heavy atom. The lowest BCUT2D eigenvalue weighted by atomic mass is 10.2. The lowest BCUT2D eigenvalue weighted by Gasteiger charge is -1.96. The van der Waals surface area contributed by atoms with Crippen molar-refractivity contribution in [2.75, 3.05) is 5.43 Å². The first-order chi connectivity index (χ1) is 10.1. The van der Waals surface area contributed by atoms with Crippen LogP contribution in [0.3, 0.4) is 0 Å². The summed E-state index contributed by atoms with van der Waals surface area (Å²) in [7, 11) is 0. The van der Waals surface area contributed by atoms with E-state index in [0.717, 1.165) is 21.8 Å². The summed E-state index contributed by atoms with van der Waals surface area (Å²) >= 11 is 1.48. The van der Waals surface area contributed by atoms with E-state index in [1.54, 1.807) is 0 Å². The number of aryl methyl sites for hydroxylation is 1. The van der Waals surface area contributed by atoms with Gasteiger partial charge >= 0.3 is 0 Å². The molecule has 0 spiro atoms. The molecule has 0 unspecified atom stereocenters. The summed E-state index contributed by atoms with van der Waals surface area (Å²) in [5, 5.41) is 4.56. The number of fused-ring (bicyclic) bond motifs is 1. The largest absolute Gasteiger partial charge is 0.253 e. The number of nitrogens with one attached hydrogen (secondary N) is 1. The first kappa shape index (κ1) is 13.6. The molecule has 0 saturated carbocycles. The average Bonchev–Trinajstić information content (AvgIpc) is 2.86. The van der Waals surface area contributed by atoms with E-state index >= 15 is 0 Å². The molecular weight excluding hydrogens is 292 g/mol. The van der Waals surface area contributed by atoms with Gasteiger partial charge in [-0.25, -0.2) is 13.8 Å². The van der Waals surface area contributed by atoms with E-state index in [9.17, 15) is 8.78 Å². The van der Waals surface area contributed by atoms with Gasteiger partial charge in [0.05, 0.1) is 16.4 Å². The molecule has 0 aliphatic rings. The Labute approximate surface area is 124 Å². The summed E-state index contributed by atoms with van der Waals surface area (Å²) < 4.78 is 27.3. The third-order valence-corrected chi connectivity index (χ3v) is 4.05. The highest BCUT2D eigenvalue weighted by molar-refractivity contribution is 7.22. The van der Waals surface area contributed by atoms with E-state index in [4.69, 9.17) is 0 Å². The van der Waals surface area contributed by atoms with Crippen molar-refractivity contribution in [1.82, 2.24) is 4.98 Å². The van der Waals surface area contributed by atoms with Crippen LogP contribution in [0.5, 0.6) is 0 Å². The van der Waals surface area contributed by atoms with Crippen molar-refractivity contribution in [1.29, 1.82) is 0 Å². The third kappa shape index (κ3) is 2.90. The Bertz CT molecular complexity index is 827. The molecule has 3 nitrogen and oxygen atoms in total. The van der Waals surface area contributed by atoms with E-state index in [0.29, 0.717) is 5.13 Å². The number of halogens is 2. The Morgan fingerprint density at radius 2 is 2.10 bits per heavy atom. The van der Waals surface area contributed by atoms with Crippen LogP contribution in [-0.4, -0.2) is 11.2 Å². The molecular formula is C15H11F2N3S. The summed E-state index contributed by atoms with van der Waals surface area (Å²) in [6.07, 6.45) is 1.30. The molecule has 106 valence electrons. The van der Waals surface area contributed by atoms with E-state index in [1.165, 1.54) is 29.7 Å². The predicted molar refractivity (Wildman–Crippen MR) is 81.9 cm³/mol. The Morgan fingerprint density at radius 1 is 1.24 bits per heavy atom. The lowest BCUT2D eigenvalue weighted by Crippen LogP contribution is -1.93.